The van der Waals surface area contributed by atoms with Gasteiger partial charge in [-0.2, -0.15) is 5.26 Å². The summed E-state index contributed by atoms with van der Waals surface area (Å²) in [5.41, 5.74) is 25.5. The molecule has 3 heterocycles. The van der Waals surface area contributed by atoms with Crippen molar-refractivity contribution >= 4 is 71.1 Å². The summed E-state index contributed by atoms with van der Waals surface area (Å²) in [5.74, 6) is 0. The van der Waals surface area contributed by atoms with Crippen molar-refractivity contribution in [2.24, 2.45) is 5.73 Å². The highest BCUT2D eigenvalue weighted by molar-refractivity contribution is 6.16. The summed E-state index contributed by atoms with van der Waals surface area (Å²) in [5, 5.41) is 17.6. The molecule has 0 unspecified atom stereocenters. The van der Waals surface area contributed by atoms with E-state index in [4.69, 9.17) is 12.3 Å². The minimum Gasteiger partial charge on any atom is -0.314 e. The lowest BCUT2D eigenvalue weighted by Crippen LogP contribution is -2.39. The summed E-state index contributed by atoms with van der Waals surface area (Å²) < 4.78 is 7.41. The molecular weight excluding hydrogens is 913 g/mol. The third-order valence-corrected chi connectivity index (χ3v) is 15.8. The smallest absolute Gasteiger partial charge is 0.187 e. The molecule has 0 bridgehead atoms. The Kier molecular flexibility index (Phi) is 9.13. The summed E-state index contributed by atoms with van der Waals surface area (Å²) in [7, 11) is 0. The van der Waals surface area contributed by atoms with Crippen LogP contribution in [0.15, 0.2) is 243 Å². The predicted octanol–water partition coefficient (Wildman–Crippen LogP) is 17.0. The highest BCUT2D eigenvalue weighted by atomic mass is 15.1. The van der Waals surface area contributed by atoms with E-state index in [1.54, 1.807) is 0 Å². The van der Waals surface area contributed by atoms with Gasteiger partial charge in [0.1, 0.15) is 0 Å². The van der Waals surface area contributed by atoms with Gasteiger partial charge in [-0.3, -0.25) is 0 Å². The van der Waals surface area contributed by atoms with Crippen molar-refractivity contribution < 1.29 is 0 Å². The van der Waals surface area contributed by atoms with Crippen LogP contribution in [0, 0.1) is 17.9 Å². The van der Waals surface area contributed by atoms with Crippen LogP contribution < -0.4 is 5.73 Å². The third kappa shape index (κ3) is 5.86. The number of nitrogens with zero attached hydrogens (tertiary/aromatic N) is 5. The first-order valence-corrected chi connectivity index (χ1v) is 25.2. The van der Waals surface area contributed by atoms with Crippen molar-refractivity contribution in [3.63, 3.8) is 0 Å². The number of benzene rings is 11. The highest BCUT2D eigenvalue weighted by Crippen LogP contribution is 2.59. The van der Waals surface area contributed by atoms with Gasteiger partial charge in [0, 0.05) is 49.0 Å². The molecule has 14 aromatic rings. The molecule has 15 rings (SSSR count). The fourth-order valence-electron chi connectivity index (χ4n) is 12.8. The summed E-state index contributed by atoms with van der Waals surface area (Å²) in [6.07, 6.45) is 0. The highest BCUT2D eigenvalue weighted by Gasteiger charge is 2.47. The molecule has 0 atom stereocenters. The van der Waals surface area contributed by atoms with Gasteiger partial charge in [-0.25, -0.2) is 4.85 Å². The molecule has 0 amide bonds. The molecule has 3 aromatic heterocycles. The molecule has 1 aliphatic carbocycles. The van der Waals surface area contributed by atoms with Crippen molar-refractivity contribution in [3.8, 4) is 56.5 Å². The van der Waals surface area contributed by atoms with Crippen molar-refractivity contribution in [2.75, 3.05) is 0 Å². The molecule has 6 heteroatoms. The summed E-state index contributed by atoms with van der Waals surface area (Å²) >= 11 is 0. The largest absolute Gasteiger partial charge is 0.314 e. The first kappa shape index (κ1) is 42.4. The SMILES string of the molecule is [C-]#[N+]c1cccc(-c2c(-n3c4ccccc4c4ccccc43)c(-n3c4ccccc4c4ccccc43)c(-n3c4ccccc4c4ccccc43)c(-c3cccc(C#N)c3)c2C2(N)c3ccccc3-c3ccccc32)c1. The van der Waals surface area contributed by atoms with Crippen molar-refractivity contribution in [1.82, 2.24) is 13.7 Å². The van der Waals surface area contributed by atoms with Gasteiger partial charge in [0.2, 0.25) is 0 Å². The number of nitrogens with two attached hydrogens (primary N) is 1. The summed E-state index contributed by atoms with van der Waals surface area (Å²) in [6.45, 7) is 8.56. The van der Waals surface area contributed by atoms with Crippen molar-refractivity contribution in [2.45, 2.75) is 5.54 Å². The van der Waals surface area contributed by atoms with Gasteiger partial charge in [-0.15, -0.1) is 0 Å². The topological polar surface area (TPSA) is 69.0 Å². The molecule has 0 aliphatic heterocycles. The third-order valence-electron chi connectivity index (χ3n) is 15.8. The van der Waals surface area contributed by atoms with Crippen LogP contribution in [-0.2, 0) is 5.54 Å². The fourth-order valence-corrected chi connectivity index (χ4v) is 12.8. The van der Waals surface area contributed by atoms with Gasteiger partial charge in [0.25, 0.3) is 0 Å². The van der Waals surface area contributed by atoms with Gasteiger partial charge in [-0.05, 0) is 88.0 Å². The van der Waals surface area contributed by atoms with E-state index in [0.717, 1.165) is 133 Å². The minimum atomic E-state index is -1.34. The van der Waals surface area contributed by atoms with Crippen LogP contribution >= 0.6 is 0 Å². The van der Waals surface area contributed by atoms with Crippen LogP contribution in [0.4, 0.5) is 5.69 Å². The number of hydrogen-bond acceptors (Lipinski definition) is 2. The second-order valence-corrected chi connectivity index (χ2v) is 19.5. The lowest BCUT2D eigenvalue weighted by molar-refractivity contribution is 0.674. The van der Waals surface area contributed by atoms with Gasteiger partial charge in [-0.1, -0.05) is 188 Å². The molecule has 0 saturated carbocycles. The number of hydrogen-bond donors (Lipinski definition) is 1. The lowest BCUT2D eigenvalue weighted by atomic mass is 9.72. The summed E-state index contributed by atoms with van der Waals surface area (Å²) in [4.78, 5) is 4.12. The average molecular weight is 955 g/mol. The van der Waals surface area contributed by atoms with Crippen molar-refractivity contribution in [1.29, 1.82) is 5.26 Å². The molecule has 11 aromatic carbocycles. The van der Waals surface area contributed by atoms with Crippen LogP contribution in [0.25, 0.3) is 121 Å². The second kappa shape index (κ2) is 16.1. The Balaban J connectivity index is 1.35. The van der Waals surface area contributed by atoms with E-state index in [1.165, 1.54) is 0 Å². The van der Waals surface area contributed by atoms with Gasteiger partial charge >= 0.3 is 0 Å². The van der Waals surface area contributed by atoms with E-state index in [-0.39, 0.29) is 0 Å². The van der Waals surface area contributed by atoms with E-state index in [1.807, 2.05) is 36.4 Å². The maximum Gasteiger partial charge on any atom is 0.187 e. The minimum absolute atomic E-state index is 0.503. The first-order valence-electron chi connectivity index (χ1n) is 25.2. The maximum atomic E-state index is 10.9. The zero-order valence-corrected chi connectivity index (χ0v) is 40.4. The van der Waals surface area contributed by atoms with Crippen LogP contribution in [0.5, 0.6) is 0 Å². The predicted molar refractivity (Wildman–Crippen MR) is 307 cm³/mol. The van der Waals surface area contributed by atoms with E-state index >= 15 is 0 Å². The Morgan fingerprint density at radius 3 is 1.13 bits per heavy atom. The number of fused-ring (bicyclic) bond motifs is 12. The number of nitriles is 1. The first-order chi connectivity index (χ1) is 37.1. The van der Waals surface area contributed by atoms with Gasteiger partial charge in [0.15, 0.2) is 5.69 Å². The van der Waals surface area contributed by atoms with Crippen LogP contribution in [0.2, 0.25) is 0 Å². The zero-order chi connectivity index (χ0) is 49.9. The van der Waals surface area contributed by atoms with Crippen molar-refractivity contribution in [3.05, 3.63) is 276 Å². The Bertz CT molecular complexity index is 4430. The average Bonchev–Trinajstić information content (AvgIpc) is 4.38. The molecule has 2 N–H and O–H groups in total. The van der Waals surface area contributed by atoms with E-state index in [2.05, 4.69) is 231 Å². The van der Waals surface area contributed by atoms with Crippen LogP contribution in [0.1, 0.15) is 22.3 Å². The molecule has 0 radical (unpaired) electrons. The number of rotatable bonds is 6. The molecular formula is C69H42N6. The fraction of sp³-hybridized carbons (Fsp3) is 0.0145. The Morgan fingerprint density at radius 1 is 0.387 bits per heavy atom. The molecule has 0 fully saturated rings. The quantitative estimate of drug-likeness (QED) is 0.169. The normalized spacial score (nSPS) is 12.7. The molecule has 0 spiro atoms. The molecule has 75 heavy (non-hydrogen) atoms. The lowest BCUT2D eigenvalue weighted by Gasteiger charge is -2.37. The van der Waals surface area contributed by atoms with E-state index in [0.29, 0.717) is 11.3 Å². The zero-order valence-electron chi connectivity index (χ0n) is 40.4. The standard InChI is InChI=1S/C69H42N6/c1-72-46-23-19-22-45(41-46)64-65(69(71)55-32-10-2-24-47(55)48-25-3-11-33-56(48)69)63(44-21-18-20-43(40-44)42-70)66(73-57-34-12-4-26-49(57)50-27-5-13-35-58(50)73)68(75-61-38-16-8-30-53(61)54-31-9-17-39-62(54)75)67(64)74-59-36-14-6-28-51(59)52-29-7-15-37-60(52)74/h2-41H,71H2. The van der Waals surface area contributed by atoms with Gasteiger partial charge < -0.3 is 19.4 Å². The maximum absolute atomic E-state index is 10.9. The van der Waals surface area contributed by atoms with Crippen LogP contribution in [0.3, 0.4) is 0 Å². The Morgan fingerprint density at radius 2 is 0.733 bits per heavy atom. The monoisotopic (exact) mass is 954 g/mol. The van der Waals surface area contributed by atoms with Crippen LogP contribution in [-0.4, -0.2) is 13.7 Å². The second-order valence-electron chi connectivity index (χ2n) is 19.5. The molecule has 348 valence electrons. The molecule has 1 aliphatic rings. The van der Waals surface area contributed by atoms with Gasteiger partial charge in [0.05, 0.1) is 73.9 Å². The Hall–Kier alpha value is -10.2. The molecule has 6 nitrogen and oxygen atoms in total. The Labute approximate surface area is 432 Å². The summed E-state index contributed by atoms with van der Waals surface area (Å²) in [6, 6.07) is 87.9. The molecule has 0 saturated heterocycles. The van der Waals surface area contributed by atoms with E-state index in [9.17, 15) is 5.26 Å². The number of para-hydroxylation sites is 6. The number of aromatic nitrogens is 3. The van der Waals surface area contributed by atoms with E-state index < -0.39 is 5.54 Å².